The molecular formula is C15H18N2O2. The van der Waals surface area contributed by atoms with Crippen molar-refractivity contribution in [3.63, 3.8) is 0 Å². The molecule has 0 aliphatic carbocycles. The zero-order chi connectivity index (χ0) is 13.6. The van der Waals surface area contributed by atoms with Gasteiger partial charge in [-0.2, -0.15) is 0 Å². The van der Waals surface area contributed by atoms with E-state index in [9.17, 15) is 9.59 Å². The van der Waals surface area contributed by atoms with Crippen LogP contribution in [0.25, 0.3) is 0 Å². The van der Waals surface area contributed by atoms with Gasteiger partial charge in [-0.25, -0.2) is 0 Å². The summed E-state index contributed by atoms with van der Waals surface area (Å²) >= 11 is 0. The van der Waals surface area contributed by atoms with Crippen molar-refractivity contribution in [3.05, 3.63) is 29.8 Å². The van der Waals surface area contributed by atoms with Crippen LogP contribution in [0.2, 0.25) is 0 Å². The zero-order valence-corrected chi connectivity index (χ0v) is 11.3. The molecule has 0 radical (unpaired) electrons. The summed E-state index contributed by atoms with van der Waals surface area (Å²) < 4.78 is 0. The number of hydrogen-bond acceptors (Lipinski definition) is 2. The highest BCUT2D eigenvalue weighted by Crippen LogP contribution is 2.42. The summed E-state index contributed by atoms with van der Waals surface area (Å²) in [7, 11) is 0. The molecule has 0 bridgehead atoms. The van der Waals surface area contributed by atoms with Gasteiger partial charge in [0.2, 0.25) is 11.8 Å². The Morgan fingerprint density at radius 1 is 1.05 bits per heavy atom. The predicted molar refractivity (Wildman–Crippen MR) is 72.9 cm³/mol. The lowest BCUT2D eigenvalue weighted by molar-refractivity contribution is -0.140. The molecule has 1 saturated heterocycles. The van der Waals surface area contributed by atoms with Gasteiger partial charge in [-0.15, -0.1) is 0 Å². The van der Waals surface area contributed by atoms with E-state index in [-0.39, 0.29) is 17.2 Å². The molecule has 100 valence electrons. The largest absolute Gasteiger partial charge is 0.342 e. The van der Waals surface area contributed by atoms with Crippen LogP contribution in [-0.4, -0.2) is 36.3 Å². The lowest BCUT2D eigenvalue weighted by Crippen LogP contribution is -2.65. The number of anilines is 1. The molecule has 4 heteroatoms. The molecule has 2 heterocycles. The number of likely N-dealkylation sites (tertiary alicyclic amines) is 1. The van der Waals surface area contributed by atoms with Crippen LogP contribution in [-0.2, 0) is 16.0 Å². The average Bonchev–Trinajstić information content (AvgIpc) is 2.34. The Labute approximate surface area is 113 Å². The summed E-state index contributed by atoms with van der Waals surface area (Å²) in [6.45, 7) is 5.47. The highest BCUT2D eigenvalue weighted by Gasteiger charge is 2.48. The Morgan fingerprint density at radius 3 is 2.37 bits per heavy atom. The summed E-state index contributed by atoms with van der Waals surface area (Å²) in [5.41, 5.74) is 2.31. The van der Waals surface area contributed by atoms with Gasteiger partial charge in [0.25, 0.3) is 0 Å². The van der Waals surface area contributed by atoms with E-state index in [1.54, 1.807) is 13.8 Å². The number of benzene rings is 1. The molecular weight excluding hydrogens is 240 g/mol. The van der Waals surface area contributed by atoms with Crippen molar-refractivity contribution in [1.82, 2.24) is 4.90 Å². The molecule has 3 rings (SSSR count). The van der Waals surface area contributed by atoms with Crippen LogP contribution in [0.1, 0.15) is 19.4 Å². The minimum absolute atomic E-state index is 0.0612. The number of hydrogen-bond donors (Lipinski definition) is 0. The zero-order valence-electron chi connectivity index (χ0n) is 11.3. The topological polar surface area (TPSA) is 40.6 Å². The van der Waals surface area contributed by atoms with Gasteiger partial charge in [-0.3, -0.25) is 9.59 Å². The van der Waals surface area contributed by atoms with Crippen LogP contribution < -0.4 is 4.90 Å². The van der Waals surface area contributed by atoms with Crippen molar-refractivity contribution in [3.8, 4) is 0 Å². The van der Waals surface area contributed by atoms with Crippen molar-refractivity contribution in [2.45, 2.75) is 20.3 Å². The Kier molecular flexibility index (Phi) is 2.62. The minimum atomic E-state index is 0.0612. The first-order valence-corrected chi connectivity index (χ1v) is 6.62. The number of nitrogens with zero attached hydrogens (tertiary/aromatic N) is 2. The summed E-state index contributed by atoms with van der Waals surface area (Å²) in [6, 6.07) is 8.07. The molecule has 0 N–H and O–H groups in total. The molecule has 2 amide bonds. The number of amides is 2. The highest BCUT2D eigenvalue weighted by atomic mass is 16.2. The monoisotopic (exact) mass is 258 g/mol. The molecule has 1 fully saturated rings. The van der Waals surface area contributed by atoms with Crippen molar-refractivity contribution in [2.75, 3.05) is 24.5 Å². The number of para-hydroxylation sites is 1. The van der Waals surface area contributed by atoms with Crippen molar-refractivity contribution in [2.24, 2.45) is 5.41 Å². The average molecular weight is 258 g/mol. The van der Waals surface area contributed by atoms with E-state index in [0.29, 0.717) is 0 Å². The number of carbonyl (C=O) groups excluding carboxylic acids is 2. The molecule has 2 aliphatic rings. The lowest BCUT2D eigenvalue weighted by Gasteiger charge is -2.54. The Morgan fingerprint density at radius 2 is 1.74 bits per heavy atom. The second-order valence-electron chi connectivity index (χ2n) is 5.79. The second-order valence-corrected chi connectivity index (χ2v) is 5.79. The maximum absolute atomic E-state index is 11.9. The van der Waals surface area contributed by atoms with Gasteiger partial charge in [0.15, 0.2) is 0 Å². The molecule has 1 spiro atoms. The van der Waals surface area contributed by atoms with Crippen LogP contribution in [0, 0.1) is 5.41 Å². The van der Waals surface area contributed by atoms with Crippen molar-refractivity contribution >= 4 is 17.5 Å². The minimum Gasteiger partial charge on any atom is -0.342 e. The molecule has 0 aromatic heterocycles. The molecule has 1 aromatic rings. The summed E-state index contributed by atoms with van der Waals surface area (Å²) in [5, 5.41) is 0. The Bertz CT molecular complexity index is 547. The molecule has 0 unspecified atom stereocenters. The smallest absolute Gasteiger partial charge is 0.223 e. The third-order valence-corrected chi connectivity index (χ3v) is 4.22. The predicted octanol–water partition coefficient (Wildman–Crippen LogP) is 1.44. The first-order chi connectivity index (χ1) is 9.01. The molecule has 0 atom stereocenters. The fourth-order valence-corrected chi connectivity index (χ4v) is 3.28. The fourth-order valence-electron chi connectivity index (χ4n) is 3.28. The normalized spacial score (nSPS) is 19.9. The SMILES string of the molecule is CC(=O)N1CC2(Cc3ccccc3N(C(C)=O)C2)C1. The maximum atomic E-state index is 11.9. The van der Waals surface area contributed by atoms with E-state index in [0.717, 1.165) is 31.7 Å². The Balaban J connectivity index is 1.90. The third-order valence-electron chi connectivity index (χ3n) is 4.22. The van der Waals surface area contributed by atoms with Crippen LogP contribution >= 0.6 is 0 Å². The number of fused-ring (bicyclic) bond motifs is 1. The van der Waals surface area contributed by atoms with Crippen LogP contribution in [0.15, 0.2) is 24.3 Å². The molecule has 19 heavy (non-hydrogen) atoms. The molecule has 1 aromatic carbocycles. The molecule has 0 saturated carbocycles. The van der Waals surface area contributed by atoms with E-state index in [4.69, 9.17) is 0 Å². The second kappa shape index (κ2) is 4.08. The van der Waals surface area contributed by atoms with Crippen molar-refractivity contribution in [1.29, 1.82) is 0 Å². The van der Waals surface area contributed by atoms with Gasteiger partial charge in [0.05, 0.1) is 0 Å². The van der Waals surface area contributed by atoms with Gasteiger partial charge in [0, 0.05) is 44.6 Å². The van der Waals surface area contributed by atoms with Crippen LogP contribution in [0.3, 0.4) is 0 Å². The third kappa shape index (κ3) is 1.91. The van der Waals surface area contributed by atoms with E-state index < -0.39 is 0 Å². The standard InChI is InChI=1S/C15H18N2O2/c1-11(18)16-8-15(9-16)7-13-5-3-4-6-14(13)17(10-15)12(2)19/h3-6H,7-10H2,1-2H3. The van der Waals surface area contributed by atoms with Crippen LogP contribution in [0.5, 0.6) is 0 Å². The molecule has 2 aliphatic heterocycles. The Hall–Kier alpha value is -1.84. The highest BCUT2D eigenvalue weighted by molar-refractivity contribution is 5.93. The van der Waals surface area contributed by atoms with E-state index >= 15 is 0 Å². The first kappa shape index (κ1) is 12.2. The lowest BCUT2D eigenvalue weighted by atomic mass is 9.71. The van der Waals surface area contributed by atoms with E-state index in [1.165, 1.54) is 5.56 Å². The first-order valence-electron chi connectivity index (χ1n) is 6.62. The summed E-state index contributed by atoms with van der Waals surface area (Å²) in [4.78, 5) is 26.9. The van der Waals surface area contributed by atoms with Crippen LogP contribution in [0.4, 0.5) is 5.69 Å². The van der Waals surface area contributed by atoms with Gasteiger partial charge in [-0.05, 0) is 18.1 Å². The van der Waals surface area contributed by atoms with Gasteiger partial charge in [0.1, 0.15) is 0 Å². The quantitative estimate of drug-likeness (QED) is 0.706. The van der Waals surface area contributed by atoms with Crippen molar-refractivity contribution < 1.29 is 9.59 Å². The number of rotatable bonds is 0. The van der Waals surface area contributed by atoms with E-state index in [2.05, 4.69) is 6.07 Å². The van der Waals surface area contributed by atoms with Gasteiger partial charge >= 0.3 is 0 Å². The maximum Gasteiger partial charge on any atom is 0.223 e. The van der Waals surface area contributed by atoms with Gasteiger partial charge in [-0.1, -0.05) is 18.2 Å². The molecule has 4 nitrogen and oxygen atoms in total. The number of carbonyl (C=O) groups is 2. The van der Waals surface area contributed by atoms with Gasteiger partial charge < -0.3 is 9.80 Å². The fraction of sp³-hybridized carbons (Fsp3) is 0.467. The summed E-state index contributed by atoms with van der Waals surface area (Å²) in [5.74, 6) is 0.201. The summed E-state index contributed by atoms with van der Waals surface area (Å²) in [6.07, 6.45) is 0.955. The van der Waals surface area contributed by atoms with E-state index in [1.807, 2.05) is 28.0 Å².